The second-order valence-electron chi connectivity index (χ2n) is 6.43. The third-order valence-corrected chi connectivity index (χ3v) is 4.36. The summed E-state index contributed by atoms with van der Waals surface area (Å²) < 4.78 is 19.3. The van der Waals surface area contributed by atoms with E-state index >= 15 is 0 Å². The summed E-state index contributed by atoms with van der Waals surface area (Å²) in [6.07, 6.45) is 0.254. The Kier molecular flexibility index (Phi) is 4.90. The van der Waals surface area contributed by atoms with Crippen molar-refractivity contribution in [1.29, 1.82) is 0 Å². The highest BCUT2D eigenvalue weighted by Gasteiger charge is 2.39. The molecule has 1 heterocycles. The third kappa shape index (κ3) is 4.28. The van der Waals surface area contributed by atoms with Gasteiger partial charge in [-0.2, -0.15) is 0 Å². The van der Waals surface area contributed by atoms with Gasteiger partial charge >= 0.3 is 5.97 Å². The number of benzene rings is 2. The lowest BCUT2D eigenvalue weighted by Crippen LogP contribution is -2.36. The highest BCUT2D eigenvalue weighted by atomic mass is 19.1. The van der Waals surface area contributed by atoms with Gasteiger partial charge in [0.15, 0.2) is 0 Å². The van der Waals surface area contributed by atoms with Crippen LogP contribution in [0.5, 0.6) is 0 Å². The standard InChI is InChI=1S/C19H21FN2O3/c20-16-10-15(21)6-7-17(16)22-9-8-19(24,13-22)11-18(23)25-12-14-4-2-1-3-5-14/h1-7,10,24H,8-9,11-13,21H2. The average molecular weight is 344 g/mol. The molecule has 1 aliphatic heterocycles. The van der Waals surface area contributed by atoms with E-state index in [1.54, 1.807) is 17.0 Å². The molecular formula is C19H21FN2O3. The first-order valence-electron chi connectivity index (χ1n) is 8.17. The summed E-state index contributed by atoms with van der Waals surface area (Å²) >= 11 is 0. The Morgan fingerprint density at radius 2 is 2.04 bits per heavy atom. The molecule has 25 heavy (non-hydrogen) atoms. The van der Waals surface area contributed by atoms with Gasteiger partial charge in [-0.25, -0.2) is 4.39 Å². The van der Waals surface area contributed by atoms with Crippen molar-refractivity contribution in [2.24, 2.45) is 0 Å². The van der Waals surface area contributed by atoms with E-state index in [4.69, 9.17) is 10.5 Å². The molecule has 0 radical (unpaired) electrons. The summed E-state index contributed by atoms with van der Waals surface area (Å²) in [5, 5.41) is 10.6. The van der Waals surface area contributed by atoms with Gasteiger partial charge in [-0.1, -0.05) is 30.3 Å². The van der Waals surface area contributed by atoms with Crippen molar-refractivity contribution in [3.8, 4) is 0 Å². The van der Waals surface area contributed by atoms with Crippen molar-refractivity contribution < 1.29 is 19.0 Å². The van der Waals surface area contributed by atoms with Gasteiger partial charge in [0.2, 0.25) is 0 Å². The Hall–Kier alpha value is -2.60. The molecule has 0 spiro atoms. The van der Waals surface area contributed by atoms with Crippen LogP contribution in [0.2, 0.25) is 0 Å². The lowest BCUT2D eigenvalue weighted by atomic mass is 9.99. The van der Waals surface area contributed by atoms with Crippen LogP contribution < -0.4 is 10.6 Å². The molecule has 0 bridgehead atoms. The fourth-order valence-electron chi connectivity index (χ4n) is 3.04. The van der Waals surface area contributed by atoms with Gasteiger partial charge in [0.1, 0.15) is 12.4 Å². The minimum absolute atomic E-state index is 0.118. The SMILES string of the molecule is Nc1ccc(N2CCC(O)(CC(=O)OCc3ccccc3)C2)c(F)c1. The van der Waals surface area contributed by atoms with Gasteiger partial charge in [-0.05, 0) is 30.2 Å². The molecule has 3 N–H and O–H groups in total. The minimum Gasteiger partial charge on any atom is -0.461 e. The fraction of sp³-hybridized carbons (Fsp3) is 0.316. The molecule has 0 aromatic heterocycles. The molecule has 2 aromatic carbocycles. The van der Waals surface area contributed by atoms with Crippen molar-refractivity contribution in [2.45, 2.75) is 25.0 Å². The zero-order chi connectivity index (χ0) is 17.9. The Labute approximate surface area is 145 Å². The minimum atomic E-state index is -1.22. The number of nitrogens with two attached hydrogens (primary N) is 1. The van der Waals surface area contributed by atoms with E-state index in [0.717, 1.165) is 5.56 Å². The van der Waals surface area contributed by atoms with Crippen LogP contribution in [0.4, 0.5) is 15.8 Å². The number of esters is 1. The van der Waals surface area contributed by atoms with Gasteiger partial charge in [-0.3, -0.25) is 4.79 Å². The van der Waals surface area contributed by atoms with Crippen LogP contribution in [0.25, 0.3) is 0 Å². The lowest BCUT2D eigenvalue weighted by molar-refractivity contribution is -0.149. The van der Waals surface area contributed by atoms with E-state index in [2.05, 4.69) is 0 Å². The normalized spacial score (nSPS) is 19.8. The molecule has 1 atom stereocenters. The van der Waals surface area contributed by atoms with Crippen molar-refractivity contribution in [2.75, 3.05) is 23.7 Å². The molecule has 0 saturated carbocycles. The second kappa shape index (κ2) is 7.11. The molecule has 3 rings (SSSR count). The summed E-state index contributed by atoms with van der Waals surface area (Å²) in [7, 11) is 0. The molecule has 0 amide bonds. The topological polar surface area (TPSA) is 75.8 Å². The summed E-state index contributed by atoms with van der Waals surface area (Å²) in [4.78, 5) is 13.8. The molecule has 2 aromatic rings. The van der Waals surface area contributed by atoms with Crippen LogP contribution >= 0.6 is 0 Å². The molecule has 132 valence electrons. The van der Waals surface area contributed by atoms with Crippen LogP contribution in [-0.4, -0.2) is 29.8 Å². The number of ether oxygens (including phenoxy) is 1. The van der Waals surface area contributed by atoms with Crippen LogP contribution in [0, 0.1) is 5.82 Å². The first-order chi connectivity index (χ1) is 12.0. The average Bonchev–Trinajstić information content (AvgIpc) is 2.95. The smallest absolute Gasteiger partial charge is 0.309 e. The summed E-state index contributed by atoms with van der Waals surface area (Å²) in [5.74, 6) is -0.901. The number of nitrogens with zero attached hydrogens (tertiary/aromatic N) is 1. The largest absolute Gasteiger partial charge is 0.461 e. The van der Waals surface area contributed by atoms with Crippen molar-refractivity contribution >= 4 is 17.3 Å². The number of carbonyl (C=O) groups excluding carboxylic acids is 1. The number of nitrogen functional groups attached to an aromatic ring is 1. The van der Waals surface area contributed by atoms with E-state index in [1.165, 1.54) is 6.07 Å². The Morgan fingerprint density at radius 3 is 2.76 bits per heavy atom. The number of halogens is 1. The van der Waals surface area contributed by atoms with Crippen molar-refractivity contribution in [3.05, 3.63) is 59.9 Å². The van der Waals surface area contributed by atoms with Gasteiger partial charge in [0.25, 0.3) is 0 Å². The van der Waals surface area contributed by atoms with Crippen LogP contribution in [0.15, 0.2) is 48.5 Å². The maximum absolute atomic E-state index is 14.0. The number of anilines is 2. The fourth-order valence-corrected chi connectivity index (χ4v) is 3.04. The lowest BCUT2D eigenvalue weighted by Gasteiger charge is -2.24. The van der Waals surface area contributed by atoms with Crippen molar-refractivity contribution in [1.82, 2.24) is 0 Å². The van der Waals surface area contributed by atoms with E-state index in [1.807, 2.05) is 30.3 Å². The van der Waals surface area contributed by atoms with Gasteiger partial charge in [-0.15, -0.1) is 0 Å². The predicted molar refractivity (Wildman–Crippen MR) is 93.4 cm³/mol. The summed E-state index contributed by atoms with van der Waals surface area (Å²) in [6, 6.07) is 13.8. The number of hydrogen-bond acceptors (Lipinski definition) is 5. The molecule has 5 nitrogen and oxygen atoms in total. The van der Waals surface area contributed by atoms with Gasteiger partial charge < -0.3 is 20.5 Å². The Balaban J connectivity index is 1.57. The van der Waals surface area contributed by atoms with Crippen LogP contribution in [-0.2, 0) is 16.1 Å². The van der Waals surface area contributed by atoms with E-state index in [0.29, 0.717) is 24.3 Å². The maximum Gasteiger partial charge on any atom is 0.309 e. The monoisotopic (exact) mass is 344 g/mol. The quantitative estimate of drug-likeness (QED) is 0.644. The van der Waals surface area contributed by atoms with Crippen molar-refractivity contribution in [3.63, 3.8) is 0 Å². The molecule has 1 unspecified atom stereocenters. The molecule has 1 aliphatic rings. The van der Waals surface area contributed by atoms with E-state index < -0.39 is 17.4 Å². The molecule has 1 fully saturated rings. The zero-order valence-electron chi connectivity index (χ0n) is 13.8. The van der Waals surface area contributed by atoms with Gasteiger partial charge in [0, 0.05) is 18.8 Å². The maximum atomic E-state index is 14.0. The van der Waals surface area contributed by atoms with Crippen LogP contribution in [0.3, 0.4) is 0 Å². The zero-order valence-corrected chi connectivity index (χ0v) is 13.8. The molecule has 1 saturated heterocycles. The number of aliphatic hydroxyl groups is 1. The number of carbonyl (C=O) groups is 1. The first kappa shape index (κ1) is 17.2. The number of rotatable bonds is 5. The van der Waals surface area contributed by atoms with Gasteiger partial charge in [0.05, 0.1) is 17.7 Å². The molecule has 0 aliphatic carbocycles. The molecule has 6 heteroatoms. The highest BCUT2D eigenvalue weighted by Crippen LogP contribution is 2.31. The third-order valence-electron chi connectivity index (χ3n) is 4.36. The Bertz CT molecular complexity index is 754. The predicted octanol–water partition coefficient (Wildman–Crippen LogP) is 2.48. The highest BCUT2D eigenvalue weighted by molar-refractivity contribution is 5.71. The van der Waals surface area contributed by atoms with E-state index in [9.17, 15) is 14.3 Å². The number of hydrogen-bond donors (Lipinski definition) is 2. The second-order valence-corrected chi connectivity index (χ2v) is 6.43. The summed E-state index contributed by atoms with van der Waals surface area (Å²) in [5.41, 5.74) is 5.95. The first-order valence-corrected chi connectivity index (χ1v) is 8.17. The Morgan fingerprint density at radius 1 is 1.28 bits per heavy atom. The molecular weight excluding hydrogens is 323 g/mol. The summed E-state index contributed by atoms with van der Waals surface area (Å²) in [6.45, 7) is 0.809. The van der Waals surface area contributed by atoms with Crippen LogP contribution in [0.1, 0.15) is 18.4 Å². The van der Waals surface area contributed by atoms with E-state index in [-0.39, 0.29) is 19.6 Å². The number of β-amino-alcohol motifs (C(OH)–C–C–N with tert-alkyl or cyclic N) is 1.